The summed E-state index contributed by atoms with van der Waals surface area (Å²) in [4.78, 5) is 9.84. The van der Waals surface area contributed by atoms with Crippen LogP contribution in [0.2, 0.25) is 0 Å². The van der Waals surface area contributed by atoms with E-state index in [0.717, 1.165) is 6.07 Å². The molecule has 4 N–H and O–H groups in total. The van der Waals surface area contributed by atoms with Gasteiger partial charge < -0.3 is 10.2 Å². The second-order valence-electron chi connectivity index (χ2n) is 4.00. The predicted octanol–water partition coefficient (Wildman–Crippen LogP) is 0.585. The first-order chi connectivity index (χ1) is 9.94. The SMILES string of the molecule is CCOCCCNS(=O)(=O)c1cccc(NN)c1[N+](=O)[O-]. The zero-order valence-electron chi connectivity index (χ0n) is 11.5. The van der Waals surface area contributed by atoms with Crippen molar-refractivity contribution in [1.82, 2.24) is 4.72 Å². The highest BCUT2D eigenvalue weighted by Crippen LogP contribution is 2.31. The largest absolute Gasteiger partial charge is 0.382 e. The van der Waals surface area contributed by atoms with Crippen LogP contribution in [0, 0.1) is 10.1 Å². The van der Waals surface area contributed by atoms with E-state index in [0.29, 0.717) is 19.6 Å². The minimum atomic E-state index is -4.00. The maximum atomic E-state index is 12.1. The molecule has 0 spiro atoms. The summed E-state index contributed by atoms with van der Waals surface area (Å²) >= 11 is 0. The van der Waals surface area contributed by atoms with E-state index < -0.39 is 25.5 Å². The van der Waals surface area contributed by atoms with E-state index in [2.05, 4.69) is 10.1 Å². The Kier molecular flexibility index (Phi) is 6.49. The smallest absolute Gasteiger partial charge is 0.313 e. The lowest BCUT2D eigenvalue weighted by Gasteiger charge is -2.09. The first-order valence-corrected chi connectivity index (χ1v) is 7.73. The Morgan fingerprint density at radius 1 is 1.43 bits per heavy atom. The van der Waals surface area contributed by atoms with E-state index in [1.54, 1.807) is 0 Å². The minimum Gasteiger partial charge on any atom is -0.382 e. The summed E-state index contributed by atoms with van der Waals surface area (Å²) in [7, 11) is -4.00. The lowest BCUT2D eigenvalue weighted by Crippen LogP contribution is -2.26. The van der Waals surface area contributed by atoms with Crippen molar-refractivity contribution in [2.24, 2.45) is 5.84 Å². The third-order valence-corrected chi connectivity index (χ3v) is 4.08. The first kappa shape index (κ1) is 17.3. The molecule has 118 valence electrons. The van der Waals surface area contributed by atoms with Gasteiger partial charge in [0.1, 0.15) is 5.69 Å². The lowest BCUT2D eigenvalue weighted by molar-refractivity contribution is -0.386. The minimum absolute atomic E-state index is 0.0720. The number of nitro benzene ring substituents is 1. The Labute approximate surface area is 122 Å². The average Bonchev–Trinajstić information content (AvgIpc) is 2.46. The van der Waals surface area contributed by atoms with Gasteiger partial charge in [0.15, 0.2) is 4.90 Å². The fraction of sp³-hybridized carbons (Fsp3) is 0.455. The number of nitrogens with one attached hydrogen (secondary N) is 2. The molecule has 0 saturated carbocycles. The molecular weight excluding hydrogens is 300 g/mol. The predicted molar refractivity (Wildman–Crippen MR) is 77.2 cm³/mol. The summed E-state index contributed by atoms with van der Waals surface area (Å²) in [6.45, 7) is 2.91. The number of nitro groups is 1. The van der Waals surface area contributed by atoms with Gasteiger partial charge in [0, 0.05) is 19.8 Å². The number of nitrogen functional groups attached to an aromatic ring is 1. The first-order valence-electron chi connectivity index (χ1n) is 6.25. The van der Waals surface area contributed by atoms with Crippen LogP contribution in [0.5, 0.6) is 0 Å². The van der Waals surface area contributed by atoms with Crippen LogP contribution in [-0.2, 0) is 14.8 Å². The van der Waals surface area contributed by atoms with Crippen LogP contribution in [0.3, 0.4) is 0 Å². The standard InChI is InChI=1S/C11H18N4O5S/c1-2-20-8-4-7-13-21(18,19)10-6-3-5-9(14-12)11(10)15(16)17/h3,5-6,13-14H,2,4,7-8,12H2,1H3. The highest BCUT2D eigenvalue weighted by Gasteiger charge is 2.28. The number of para-hydroxylation sites is 1. The molecule has 0 aliphatic rings. The highest BCUT2D eigenvalue weighted by atomic mass is 32.2. The number of hydrogen-bond acceptors (Lipinski definition) is 7. The molecule has 0 aromatic heterocycles. The molecule has 1 aromatic carbocycles. The van der Waals surface area contributed by atoms with Gasteiger partial charge in [-0.15, -0.1) is 0 Å². The van der Waals surface area contributed by atoms with Crippen LogP contribution in [0.15, 0.2) is 23.1 Å². The van der Waals surface area contributed by atoms with Gasteiger partial charge in [0.2, 0.25) is 10.0 Å². The second kappa shape index (κ2) is 7.88. The van der Waals surface area contributed by atoms with Crippen molar-refractivity contribution in [3.63, 3.8) is 0 Å². The summed E-state index contributed by atoms with van der Waals surface area (Å²) in [6, 6.07) is 3.85. The van der Waals surface area contributed by atoms with Crippen molar-refractivity contribution in [3.8, 4) is 0 Å². The monoisotopic (exact) mass is 318 g/mol. The van der Waals surface area contributed by atoms with E-state index in [1.165, 1.54) is 12.1 Å². The molecule has 0 fully saturated rings. The second-order valence-corrected chi connectivity index (χ2v) is 5.74. The fourth-order valence-electron chi connectivity index (χ4n) is 1.65. The van der Waals surface area contributed by atoms with E-state index in [-0.39, 0.29) is 12.2 Å². The number of hydrogen-bond donors (Lipinski definition) is 3. The van der Waals surface area contributed by atoms with Gasteiger partial charge in [0.05, 0.1) is 4.92 Å². The summed E-state index contributed by atoms with van der Waals surface area (Å²) < 4.78 is 31.6. The summed E-state index contributed by atoms with van der Waals surface area (Å²) in [5.41, 5.74) is 1.46. The van der Waals surface area contributed by atoms with Gasteiger partial charge in [-0.3, -0.25) is 16.0 Å². The average molecular weight is 318 g/mol. The summed E-state index contributed by atoms with van der Waals surface area (Å²) in [5.74, 6) is 5.17. The molecule has 9 nitrogen and oxygen atoms in total. The molecule has 10 heteroatoms. The van der Waals surface area contributed by atoms with Gasteiger partial charge in [-0.2, -0.15) is 0 Å². The number of hydrazine groups is 1. The van der Waals surface area contributed by atoms with Crippen LogP contribution in [0.1, 0.15) is 13.3 Å². The highest BCUT2D eigenvalue weighted by molar-refractivity contribution is 7.89. The van der Waals surface area contributed by atoms with Gasteiger partial charge in [-0.25, -0.2) is 13.1 Å². The number of nitrogens with two attached hydrogens (primary N) is 1. The van der Waals surface area contributed by atoms with Crippen LogP contribution in [0.25, 0.3) is 0 Å². The zero-order chi connectivity index (χ0) is 15.9. The number of benzene rings is 1. The van der Waals surface area contributed by atoms with Gasteiger partial charge >= 0.3 is 5.69 Å². The number of anilines is 1. The Morgan fingerprint density at radius 2 is 2.14 bits per heavy atom. The Balaban J connectivity index is 2.95. The third-order valence-electron chi connectivity index (χ3n) is 2.59. The Morgan fingerprint density at radius 3 is 2.71 bits per heavy atom. The third kappa shape index (κ3) is 4.63. The summed E-state index contributed by atoms with van der Waals surface area (Å²) in [6.07, 6.45) is 0.468. The molecule has 21 heavy (non-hydrogen) atoms. The van der Waals surface area contributed by atoms with Crippen molar-refractivity contribution in [2.45, 2.75) is 18.2 Å². The number of ether oxygens (including phenoxy) is 1. The van der Waals surface area contributed by atoms with Crippen LogP contribution in [-0.4, -0.2) is 33.1 Å². The molecule has 0 aliphatic heterocycles. The lowest BCUT2D eigenvalue weighted by atomic mass is 10.3. The molecule has 0 unspecified atom stereocenters. The molecule has 0 aliphatic carbocycles. The molecule has 1 aromatic rings. The Bertz CT molecular complexity index is 590. The van der Waals surface area contributed by atoms with E-state index in [9.17, 15) is 18.5 Å². The topological polar surface area (TPSA) is 137 Å². The molecular formula is C11H18N4O5S. The van der Waals surface area contributed by atoms with Gasteiger partial charge in [-0.05, 0) is 25.5 Å². The molecule has 0 atom stereocenters. The molecule has 0 radical (unpaired) electrons. The van der Waals surface area contributed by atoms with Crippen molar-refractivity contribution in [3.05, 3.63) is 28.3 Å². The van der Waals surface area contributed by atoms with Crippen LogP contribution in [0.4, 0.5) is 11.4 Å². The summed E-state index contributed by atoms with van der Waals surface area (Å²) in [5, 5.41) is 11.1. The zero-order valence-corrected chi connectivity index (χ0v) is 12.4. The number of rotatable bonds is 9. The number of sulfonamides is 1. The van der Waals surface area contributed by atoms with Crippen molar-refractivity contribution >= 4 is 21.4 Å². The van der Waals surface area contributed by atoms with Crippen LogP contribution >= 0.6 is 0 Å². The molecule has 0 bridgehead atoms. The maximum absolute atomic E-state index is 12.1. The normalized spacial score (nSPS) is 11.3. The quantitative estimate of drug-likeness (QED) is 0.262. The number of nitrogens with zero attached hydrogens (tertiary/aromatic N) is 1. The molecule has 0 heterocycles. The van der Waals surface area contributed by atoms with Crippen molar-refractivity contribution in [2.75, 3.05) is 25.2 Å². The fourth-order valence-corrected chi connectivity index (χ4v) is 2.91. The van der Waals surface area contributed by atoms with E-state index >= 15 is 0 Å². The van der Waals surface area contributed by atoms with E-state index in [1.807, 2.05) is 6.92 Å². The van der Waals surface area contributed by atoms with Crippen molar-refractivity contribution < 1.29 is 18.1 Å². The van der Waals surface area contributed by atoms with Gasteiger partial charge in [-0.1, -0.05) is 6.07 Å². The molecule has 0 saturated heterocycles. The molecule has 1 rings (SSSR count). The maximum Gasteiger partial charge on any atom is 0.313 e. The van der Waals surface area contributed by atoms with Crippen molar-refractivity contribution in [1.29, 1.82) is 0 Å². The molecule has 0 amide bonds. The van der Waals surface area contributed by atoms with E-state index in [4.69, 9.17) is 10.6 Å². The van der Waals surface area contributed by atoms with Crippen LogP contribution < -0.4 is 16.0 Å². The van der Waals surface area contributed by atoms with Gasteiger partial charge in [0.25, 0.3) is 0 Å². The Hall–Kier alpha value is -1.75.